The van der Waals surface area contributed by atoms with Gasteiger partial charge in [0.25, 0.3) is 0 Å². The highest BCUT2D eigenvalue weighted by Gasteiger charge is 2.31. The molecule has 31 heavy (non-hydrogen) atoms. The molecule has 0 aliphatic carbocycles. The minimum Gasteiger partial charge on any atom is -0.480 e. The van der Waals surface area contributed by atoms with Crippen LogP contribution in [0.1, 0.15) is 33.1 Å². The van der Waals surface area contributed by atoms with Crippen LogP contribution in [0.4, 0.5) is 0 Å². The summed E-state index contributed by atoms with van der Waals surface area (Å²) in [6.45, 7) is 2.76. The number of carbonyl (C=O) groups is 5. The maximum atomic E-state index is 12.8. The van der Waals surface area contributed by atoms with Gasteiger partial charge in [-0.2, -0.15) is 11.8 Å². The molecule has 0 aromatic rings. The lowest BCUT2D eigenvalue weighted by Gasteiger charge is -2.25. The maximum Gasteiger partial charge on any atom is 0.328 e. The second kappa shape index (κ2) is 14.6. The molecule has 13 heteroatoms. The first-order chi connectivity index (χ1) is 14.4. The van der Waals surface area contributed by atoms with E-state index in [4.69, 9.17) is 21.7 Å². The molecule has 0 heterocycles. The number of aliphatic hydroxyl groups is 1. The third-order valence-corrected chi connectivity index (χ3v) is 4.79. The van der Waals surface area contributed by atoms with Gasteiger partial charge in [-0.15, -0.1) is 0 Å². The lowest BCUT2D eigenvalue weighted by atomic mass is 10.0. The highest BCUT2D eigenvalue weighted by Crippen LogP contribution is 2.08. The summed E-state index contributed by atoms with van der Waals surface area (Å²) in [4.78, 5) is 59.8. The first-order valence-electron chi connectivity index (χ1n) is 9.70. The number of carboxylic acids is 1. The normalized spacial score (nSPS) is 14.8. The second-order valence-electron chi connectivity index (χ2n) is 7.39. The number of nitrogens with two attached hydrogens (primary N) is 2. The molecule has 0 aromatic heterocycles. The van der Waals surface area contributed by atoms with Gasteiger partial charge in [0.15, 0.2) is 0 Å². The van der Waals surface area contributed by atoms with Crippen LogP contribution in [0.3, 0.4) is 0 Å². The average Bonchev–Trinajstić information content (AvgIpc) is 2.67. The van der Waals surface area contributed by atoms with E-state index in [2.05, 4.69) is 10.6 Å². The van der Waals surface area contributed by atoms with Gasteiger partial charge in [-0.05, 0) is 30.8 Å². The van der Waals surface area contributed by atoms with Crippen molar-refractivity contribution in [3.8, 4) is 0 Å². The Kier molecular flexibility index (Phi) is 13.5. The van der Waals surface area contributed by atoms with Crippen molar-refractivity contribution < 1.29 is 34.2 Å². The van der Waals surface area contributed by atoms with Gasteiger partial charge in [-0.1, -0.05) is 13.8 Å². The molecule has 0 bridgehead atoms. The van der Waals surface area contributed by atoms with Crippen molar-refractivity contribution in [1.29, 1.82) is 0 Å². The molecule has 4 unspecified atom stereocenters. The van der Waals surface area contributed by atoms with E-state index >= 15 is 0 Å². The van der Waals surface area contributed by atoms with Gasteiger partial charge in [0.05, 0.1) is 19.1 Å². The molecule has 4 atom stereocenters. The number of primary amides is 1. The zero-order chi connectivity index (χ0) is 24.1. The number of hydrogen-bond donors (Lipinski definition) is 7. The Morgan fingerprint density at radius 1 is 0.935 bits per heavy atom. The predicted octanol–water partition coefficient (Wildman–Crippen LogP) is -2.48. The Hall–Kier alpha value is -2.38. The van der Waals surface area contributed by atoms with E-state index < -0.39 is 66.8 Å². The van der Waals surface area contributed by atoms with Crippen LogP contribution in [0, 0.1) is 5.92 Å². The standard InChI is InChI=1S/C18H33N5O7S/c1-9(2)6-11(21-15(26)10(19)4-5-31-3)16(27)22-12(7-14(20)25)17(28)23-13(8-24)18(29)30/h9-13,24H,4-8,19H2,1-3H3,(H2,20,25)(H,21,26)(H,22,27)(H,23,28)(H,29,30). The molecule has 12 nitrogen and oxygen atoms in total. The van der Waals surface area contributed by atoms with E-state index in [0.717, 1.165) is 0 Å². The maximum absolute atomic E-state index is 12.8. The number of thioether (sulfide) groups is 1. The summed E-state index contributed by atoms with van der Waals surface area (Å²) >= 11 is 1.52. The molecular formula is C18H33N5O7S. The zero-order valence-electron chi connectivity index (χ0n) is 17.9. The minimum absolute atomic E-state index is 0.00679. The largest absolute Gasteiger partial charge is 0.480 e. The van der Waals surface area contributed by atoms with Crippen molar-refractivity contribution >= 4 is 41.4 Å². The SMILES string of the molecule is CSCCC(N)C(=O)NC(CC(C)C)C(=O)NC(CC(N)=O)C(=O)NC(CO)C(=O)O. The van der Waals surface area contributed by atoms with E-state index in [1.165, 1.54) is 11.8 Å². The number of carbonyl (C=O) groups excluding carboxylic acids is 4. The number of rotatable bonds is 15. The first kappa shape index (κ1) is 28.6. The Bertz CT molecular complexity index is 647. The van der Waals surface area contributed by atoms with Crippen LogP contribution in [0.15, 0.2) is 0 Å². The van der Waals surface area contributed by atoms with E-state index in [0.29, 0.717) is 12.2 Å². The van der Waals surface area contributed by atoms with Crippen molar-refractivity contribution in [2.45, 2.75) is 57.3 Å². The molecule has 0 spiro atoms. The number of nitrogens with one attached hydrogen (secondary N) is 3. The van der Waals surface area contributed by atoms with Crippen LogP contribution in [0.25, 0.3) is 0 Å². The molecule has 9 N–H and O–H groups in total. The molecule has 0 rings (SSSR count). The van der Waals surface area contributed by atoms with E-state index in [1.54, 1.807) is 0 Å². The summed E-state index contributed by atoms with van der Waals surface area (Å²) in [7, 11) is 0. The summed E-state index contributed by atoms with van der Waals surface area (Å²) in [6.07, 6.45) is 1.90. The fraction of sp³-hybridized carbons (Fsp3) is 0.722. The van der Waals surface area contributed by atoms with Gasteiger partial charge >= 0.3 is 5.97 Å². The number of amides is 4. The summed E-state index contributed by atoms with van der Waals surface area (Å²) in [5.41, 5.74) is 11.0. The van der Waals surface area contributed by atoms with Crippen molar-refractivity contribution in [2.24, 2.45) is 17.4 Å². The van der Waals surface area contributed by atoms with Crippen molar-refractivity contribution in [2.75, 3.05) is 18.6 Å². The Morgan fingerprint density at radius 3 is 1.90 bits per heavy atom. The van der Waals surface area contributed by atoms with Gasteiger partial charge in [0, 0.05) is 0 Å². The van der Waals surface area contributed by atoms with Crippen molar-refractivity contribution in [1.82, 2.24) is 16.0 Å². The first-order valence-corrected chi connectivity index (χ1v) is 11.1. The van der Waals surface area contributed by atoms with Gasteiger partial charge in [-0.3, -0.25) is 19.2 Å². The summed E-state index contributed by atoms with van der Waals surface area (Å²) in [5, 5.41) is 24.9. The van der Waals surface area contributed by atoms with Crippen LogP contribution in [0.2, 0.25) is 0 Å². The van der Waals surface area contributed by atoms with Crippen LogP contribution in [0.5, 0.6) is 0 Å². The average molecular weight is 464 g/mol. The summed E-state index contributed by atoms with van der Waals surface area (Å²) < 4.78 is 0. The van der Waals surface area contributed by atoms with Gasteiger partial charge in [0.2, 0.25) is 23.6 Å². The zero-order valence-corrected chi connectivity index (χ0v) is 18.7. The van der Waals surface area contributed by atoms with Crippen LogP contribution < -0.4 is 27.4 Å². The van der Waals surface area contributed by atoms with Crippen LogP contribution in [-0.4, -0.2) is 82.6 Å². The van der Waals surface area contributed by atoms with Crippen molar-refractivity contribution in [3.63, 3.8) is 0 Å². The molecule has 0 aromatic carbocycles. The molecule has 0 aliphatic heterocycles. The highest BCUT2D eigenvalue weighted by atomic mass is 32.2. The molecule has 0 fully saturated rings. The second-order valence-corrected chi connectivity index (χ2v) is 8.38. The molecule has 0 aliphatic rings. The molecule has 0 saturated carbocycles. The summed E-state index contributed by atoms with van der Waals surface area (Å²) in [5.74, 6) is -4.06. The smallest absolute Gasteiger partial charge is 0.328 e. The number of carboxylic acid groups (broad SMARTS) is 1. The quantitative estimate of drug-likeness (QED) is 0.137. The van der Waals surface area contributed by atoms with Gasteiger partial charge < -0.3 is 37.6 Å². The van der Waals surface area contributed by atoms with Crippen molar-refractivity contribution in [3.05, 3.63) is 0 Å². The molecular weight excluding hydrogens is 430 g/mol. The van der Waals surface area contributed by atoms with E-state index in [1.807, 2.05) is 25.4 Å². The number of aliphatic carboxylic acids is 1. The Morgan fingerprint density at radius 2 is 1.45 bits per heavy atom. The molecule has 0 radical (unpaired) electrons. The molecule has 178 valence electrons. The number of hydrogen-bond acceptors (Lipinski definition) is 8. The van der Waals surface area contributed by atoms with Gasteiger partial charge in [0.1, 0.15) is 18.1 Å². The molecule has 4 amide bonds. The fourth-order valence-electron chi connectivity index (χ4n) is 2.50. The topological polar surface area (TPSA) is 214 Å². The monoisotopic (exact) mass is 463 g/mol. The third-order valence-electron chi connectivity index (χ3n) is 4.15. The predicted molar refractivity (Wildman–Crippen MR) is 115 cm³/mol. The van der Waals surface area contributed by atoms with Crippen LogP contribution >= 0.6 is 11.8 Å². The highest BCUT2D eigenvalue weighted by molar-refractivity contribution is 7.98. The molecule has 0 saturated heterocycles. The Balaban J connectivity index is 5.38. The Labute approximate surface area is 185 Å². The van der Waals surface area contributed by atoms with E-state index in [9.17, 15) is 24.0 Å². The third kappa shape index (κ3) is 11.5. The lowest BCUT2D eigenvalue weighted by molar-refractivity contribution is -0.143. The fourth-order valence-corrected chi connectivity index (χ4v) is 2.99. The van der Waals surface area contributed by atoms with E-state index in [-0.39, 0.29) is 12.3 Å². The van der Waals surface area contributed by atoms with Gasteiger partial charge in [-0.25, -0.2) is 4.79 Å². The van der Waals surface area contributed by atoms with Crippen LogP contribution in [-0.2, 0) is 24.0 Å². The summed E-state index contributed by atoms with van der Waals surface area (Å²) in [6, 6.07) is -4.97. The minimum atomic E-state index is -1.62. The number of aliphatic hydroxyl groups excluding tert-OH is 1. The lowest BCUT2D eigenvalue weighted by Crippen LogP contribution is -2.58.